The predicted molar refractivity (Wildman–Crippen MR) is 121 cm³/mol. The van der Waals surface area contributed by atoms with Crippen LogP contribution in [-0.2, 0) is 28.6 Å². The minimum absolute atomic E-state index is 0.301. The van der Waals surface area contributed by atoms with Gasteiger partial charge in [-0.25, -0.2) is 0 Å². The molecule has 0 aromatic carbocycles. The molecule has 1 N–H and O–H groups in total. The predicted octanol–water partition coefficient (Wildman–Crippen LogP) is 0.811. The van der Waals surface area contributed by atoms with E-state index in [1.165, 1.54) is 7.11 Å². The van der Waals surface area contributed by atoms with Crippen molar-refractivity contribution < 1.29 is 28.6 Å². The van der Waals surface area contributed by atoms with Gasteiger partial charge in [0.05, 0.1) is 20.3 Å². The number of hydrogen-bond donors (Lipinski definition) is 1. The molecule has 32 heavy (non-hydrogen) atoms. The van der Waals surface area contributed by atoms with Crippen molar-refractivity contribution in [1.29, 1.82) is 0 Å². The second kappa shape index (κ2) is 13.4. The van der Waals surface area contributed by atoms with Gasteiger partial charge in [-0.2, -0.15) is 0 Å². The number of esters is 3. The Labute approximate surface area is 192 Å². The Hall–Kier alpha value is -2.15. The van der Waals surface area contributed by atoms with E-state index in [4.69, 9.17) is 20.6 Å². The van der Waals surface area contributed by atoms with E-state index < -0.39 is 29.6 Å². The lowest BCUT2D eigenvalue weighted by molar-refractivity contribution is -0.150. The maximum absolute atomic E-state index is 12.4. The average molecular weight is 454 g/mol. The Morgan fingerprint density at radius 2 is 1.47 bits per heavy atom. The fourth-order valence-corrected chi connectivity index (χ4v) is 3.98. The van der Waals surface area contributed by atoms with Gasteiger partial charge in [-0.1, -0.05) is 0 Å². The summed E-state index contributed by atoms with van der Waals surface area (Å²) in [6, 6.07) is -1.56. The topological polar surface area (TPSA) is 97.4 Å². The second-order valence-electron chi connectivity index (χ2n) is 8.32. The number of nitrogens with one attached hydrogen (secondary N) is 1. The molecule has 182 valence electrons. The summed E-state index contributed by atoms with van der Waals surface area (Å²) in [7, 11) is 1.34. The second-order valence-corrected chi connectivity index (χ2v) is 8.32. The highest BCUT2D eigenvalue weighted by Crippen LogP contribution is 2.21. The molecule has 0 amide bonds. The number of methoxy groups -OCH3 is 1. The van der Waals surface area contributed by atoms with Gasteiger partial charge in [-0.3, -0.25) is 29.5 Å². The quantitative estimate of drug-likeness (QED) is 0.277. The normalized spacial score (nSPS) is 19.7. The van der Waals surface area contributed by atoms with Gasteiger partial charge in [0.25, 0.3) is 0 Å². The molecule has 0 saturated carbocycles. The summed E-state index contributed by atoms with van der Waals surface area (Å²) in [5.74, 6) is 1.54. The molecule has 1 saturated heterocycles. The number of carbonyl (C=O) groups excluding carboxylic acids is 3. The van der Waals surface area contributed by atoms with Crippen LogP contribution in [0.15, 0.2) is 0 Å². The minimum atomic E-state index is -0.647. The first-order valence-electron chi connectivity index (χ1n) is 11.2. The van der Waals surface area contributed by atoms with E-state index in [1.54, 1.807) is 27.7 Å². The molecule has 9 heteroatoms. The van der Waals surface area contributed by atoms with Crippen LogP contribution in [0.3, 0.4) is 0 Å². The zero-order valence-corrected chi connectivity index (χ0v) is 20.3. The lowest BCUT2D eigenvalue weighted by Crippen LogP contribution is -2.62. The van der Waals surface area contributed by atoms with E-state index in [-0.39, 0.29) is 11.9 Å². The third-order valence-corrected chi connectivity index (χ3v) is 5.72. The van der Waals surface area contributed by atoms with Crippen molar-refractivity contribution in [2.45, 2.75) is 71.1 Å². The van der Waals surface area contributed by atoms with Crippen LogP contribution in [-0.4, -0.2) is 97.9 Å². The van der Waals surface area contributed by atoms with Gasteiger partial charge < -0.3 is 14.2 Å². The molecule has 0 spiro atoms. The summed E-state index contributed by atoms with van der Waals surface area (Å²) < 4.78 is 15.4. The first-order valence-corrected chi connectivity index (χ1v) is 11.2. The summed E-state index contributed by atoms with van der Waals surface area (Å²) in [5, 5.41) is 3.41. The zero-order valence-electron chi connectivity index (χ0n) is 20.3. The largest absolute Gasteiger partial charge is 0.468 e. The maximum Gasteiger partial charge on any atom is 0.323 e. The van der Waals surface area contributed by atoms with E-state index in [1.807, 2.05) is 16.7 Å². The molecule has 1 fully saturated rings. The molecule has 9 nitrogen and oxygen atoms in total. The monoisotopic (exact) mass is 453 g/mol. The van der Waals surface area contributed by atoms with Crippen LogP contribution in [0.4, 0.5) is 0 Å². The van der Waals surface area contributed by atoms with Crippen molar-refractivity contribution in [1.82, 2.24) is 15.1 Å². The number of hydrogen-bond acceptors (Lipinski definition) is 9. The SMILES string of the molecule is C#CCCC(NC1(C)CN([C@H](C)C(=O)OCC)CCN([C@H](C)C(=O)OCC)C1)C(=O)OC. The summed E-state index contributed by atoms with van der Waals surface area (Å²) >= 11 is 0. The summed E-state index contributed by atoms with van der Waals surface area (Å²) in [5.41, 5.74) is -0.647. The van der Waals surface area contributed by atoms with Gasteiger partial charge in [0.15, 0.2) is 0 Å². The lowest BCUT2D eigenvalue weighted by Gasteiger charge is -2.39. The van der Waals surface area contributed by atoms with Crippen molar-refractivity contribution in [2.24, 2.45) is 0 Å². The molecule has 0 aromatic rings. The van der Waals surface area contributed by atoms with Gasteiger partial charge in [-0.05, 0) is 41.0 Å². The van der Waals surface area contributed by atoms with Gasteiger partial charge in [0.1, 0.15) is 18.1 Å². The molecule has 1 aliphatic rings. The average Bonchev–Trinajstić information content (AvgIpc) is 2.94. The number of carbonyl (C=O) groups is 3. The minimum Gasteiger partial charge on any atom is -0.468 e. The van der Waals surface area contributed by atoms with Crippen LogP contribution >= 0.6 is 0 Å². The summed E-state index contributed by atoms with van der Waals surface area (Å²) in [6.45, 7) is 11.7. The van der Waals surface area contributed by atoms with Gasteiger partial charge in [0.2, 0.25) is 0 Å². The Balaban J connectivity index is 3.21. The fourth-order valence-electron chi connectivity index (χ4n) is 3.98. The van der Waals surface area contributed by atoms with Gasteiger partial charge >= 0.3 is 17.9 Å². The van der Waals surface area contributed by atoms with Crippen LogP contribution in [0.1, 0.15) is 47.5 Å². The van der Waals surface area contributed by atoms with E-state index in [2.05, 4.69) is 11.2 Å². The molecular formula is C23H39N3O6. The molecule has 1 rings (SSSR count). The van der Waals surface area contributed by atoms with Crippen LogP contribution in [0.25, 0.3) is 0 Å². The molecule has 0 radical (unpaired) electrons. The van der Waals surface area contributed by atoms with Crippen molar-refractivity contribution in [3.63, 3.8) is 0 Å². The van der Waals surface area contributed by atoms with E-state index in [0.29, 0.717) is 52.2 Å². The Morgan fingerprint density at radius 3 is 1.84 bits per heavy atom. The van der Waals surface area contributed by atoms with Crippen molar-refractivity contribution in [3.8, 4) is 12.3 Å². The molecule has 0 aliphatic carbocycles. The maximum atomic E-state index is 12.4. The van der Waals surface area contributed by atoms with Crippen LogP contribution in [0.2, 0.25) is 0 Å². The molecular weight excluding hydrogens is 414 g/mol. The number of terminal acetylenes is 1. The molecule has 3 atom stereocenters. The zero-order chi connectivity index (χ0) is 24.3. The molecule has 1 heterocycles. The first kappa shape index (κ1) is 27.9. The smallest absolute Gasteiger partial charge is 0.323 e. The Morgan fingerprint density at radius 1 is 1.00 bits per heavy atom. The van der Waals surface area contributed by atoms with E-state index >= 15 is 0 Å². The Kier molecular flexibility index (Phi) is 11.7. The van der Waals surface area contributed by atoms with Gasteiger partial charge in [-0.15, -0.1) is 12.3 Å². The Bertz CT molecular complexity index is 643. The highest BCUT2D eigenvalue weighted by molar-refractivity contribution is 5.76. The van der Waals surface area contributed by atoms with Crippen LogP contribution < -0.4 is 5.32 Å². The summed E-state index contributed by atoms with van der Waals surface area (Å²) in [6.07, 6.45) is 6.24. The number of nitrogens with zero attached hydrogens (tertiary/aromatic N) is 2. The summed E-state index contributed by atoms with van der Waals surface area (Å²) in [4.78, 5) is 41.3. The van der Waals surface area contributed by atoms with Crippen molar-refractivity contribution in [2.75, 3.05) is 46.5 Å². The third-order valence-electron chi connectivity index (χ3n) is 5.72. The number of ether oxygens (including phenoxy) is 3. The van der Waals surface area contributed by atoms with E-state index in [9.17, 15) is 14.4 Å². The van der Waals surface area contributed by atoms with E-state index in [0.717, 1.165) is 0 Å². The highest BCUT2D eigenvalue weighted by atomic mass is 16.5. The molecule has 0 aromatic heterocycles. The highest BCUT2D eigenvalue weighted by Gasteiger charge is 2.41. The van der Waals surface area contributed by atoms with Crippen LogP contribution in [0, 0.1) is 12.3 Å². The third kappa shape index (κ3) is 8.08. The molecule has 0 bridgehead atoms. The first-order chi connectivity index (χ1) is 15.1. The van der Waals surface area contributed by atoms with Crippen LogP contribution in [0.5, 0.6) is 0 Å². The fraction of sp³-hybridized carbons (Fsp3) is 0.783. The molecule has 1 aliphatic heterocycles. The van der Waals surface area contributed by atoms with Crippen molar-refractivity contribution in [3.05, 3.63) is 0 Å². The van der Waals surface area contributed by atoms with Crippen molar-refractivity contribution >= 4 is 17.9 Å². The number of rotatable bonds is 11. The lowest BCUT2D eigenvalue weighted by atomic mass is 9.97. The molecule has 1 unspecified atom stereocenters. The standard InChI is InChI=1S/C23H39N3O6/c1-8-11-12-19(22(29)30-7)24-23(6)15-25(17(4)20(27)31-9-2)13-14-26(16-23)18(5)21(28)32-10-3/h1,17-19,24H,9-16H2,2-7H3/t17-,18-,19?/m1/s1. The van der Waals surface area contributed by atoms with Gasteiger partial charge in [0, 0.05) is 38.1 Å².